The third-order valence-electron chi connectivity index (χ3n) is 3.44. The maximum Gasteiger partial charge on any atom is 0.237 e. The van der Waals surface area contributed by atoms with Gasteiger partial charge in [-0.2, -0.15) is 0 Å². The Morgan fingerprint density at radius 1 is 1.18 bits per heavy atom. The molecule has 2 aliphatic rings. The number of rotatable bonds is 2. The molecule has 0 saturated carbocycles. The summed E-state index contributed by atoms with van der Waals surface area (Å²) in [6.07, 6.45) is 4.46. The molecular formula is C11H20N2O3S. The fourth-order valence-electron chi connectivity index (χ4n) is 2.51. The molecule has 17 heavy (non-hydrogen) atoms. The van der Waals surface area contributed by atoms with Crippen LogP contribution in [0.5, 0.6) is 0 Å². The zero-order valence-corrected chi connectivity index (χ0v) is 10.8. The summed E-state index contributed by atoms with van der Waals surface area (Å²) in [5, 5.41) is 6.03. The average molecular weight is 260 g/mol. The number of sulfone groups is 1. The second-order valence-electron chi connectivity index (χ2n) is 4.96. The van der Waals surface area contributed by atoms with E-state index in [9.17, 15) is 13.2 Å². The predicted octanol–water partition coefficient (Wildman–Crippen LogP) is -0.178. The van der Waals surface area contributed by atoms with E-state index < -0.39 is 9.84 Å². The van der Waals surface area contributed by atoms with Gasteiger partial charge in [-0.25, -0.2) is 8.42 Å². The molecule has 2 rings (SSSR count). The fraction of sp³-hybridized carbons (Fsp3) is 0.909. The standard InChI is InChI=1S/C11H20N2O3S/c14-11(10-5-1-2-6-12-10)13-9-4-3-7-17(15,16)8-9/h9-10,12H,1-8H2,(H,13,14)/t9?,10-/m1/s1. The number of nitrogens with one attached hydrogen (secondary N) is 2. The van der Waals surface area contributed by atoms with Gasteiger partial charge in [-0.05, 0) is 32.2 Å². The molecule has 1 unspecified atom stereocenters. The van der Waals surface area contributed by atoms with E-state index in [4.69, 9.17) is 0 Å². The number of hydrogen-bond donors (Lipinski definition) is 2. The quantitative estimate of drug-likeness (QED) is 0.722. The van der Waals surface area contributed by atoms with Gasteiger partial charge in [0.1, 0.15) is 0 Å². The van der Waals surface area contributed by atoms with E-state index >= 15 is 0 Å². The molecule has 2 fully saturated rings. The Balaban J connectivity index is 1.85. The van der Waals surface area contributed by atoms with E-state index in [0.29, 0.717) is 6.42 Å². The fourth-order valence-corrected chi connectivity index (χ4v) is 4.15. The summed E-state index contributed by atoms with van der Waals surface area (Å²) < 4.78 is 22.9. The normalized spacial score (nSPS) is 32.9. The Morgan fingerprint density at radius 3 is 2.65 bits per heavy atom. The van der Waals surface area contributed by atoms with Crippen molar-refractivity contribution in [1.82, 2.24) is 10.6 Å². The lowest BCUT2D eigenvalue weighted by Crippen LogP contribution is -2.52. The van der Waals surface area contributed by atoms with Crippen LogP contribution >= 0.6 is 0 Å². The third kappa shape index (κ3) is 3.67. The van der Waals surface area contributed by atoms with Gasteiger partial charge in [-0.3, -0.25) is 4.79 Å². The molecule has 2 saturated heterocycles. The van der Waals surface area contributed by atoms with Crippen LogP contribution < -0.4 is 10.6 Å². The maximum atomic E-state index is 11.9. The van der Waals surface area contributed by atoms with Gasteiger partial charge in [-0.1, -0.05) is 6.42 Å². The minimum atomic E-state index is -2.94. The van der Waals surface area contributed by atoms with Crippen LogP contribution in [-0.2, 0) is 14.6 Å². The minimum absolute atomic E-state index is 0.0354. The van der Waals surface area contributed by atoms with Crippen LogP contribution in [0.2, 0.25) is 0 Å². The highest BCUT2D eigenvalue weighted by Crippen LogP contribution is 2.13. The number of carbonyl (C=O) groups excluding carboxylic acids is 1. The zero-order valence-electron chi connectivity index (χ0n) is 9.94. The molecule has 0 bridgehead atoms. The first-order valence-corrected chi connectivity index (χ1v) is 8.13. The number of piperidine rings is 1. The Hall–Kier alpha value is -0.620. The summed E-state index contributed by atoms with van der Waals surface area (Å²) in [5.74, 6) is 0.332. The van der Waals surface area contributed by atoms with Gasteiger partial charge in [0.2, 0.25) is 5.91 Å². The zero-order chi connectivity index (χ0) is 12.3. The molecule has 0 aromatic rings. The summed E-state index contributed by atoms with van der Waals surface area (Å²) in [5.41, 5.74) is 0. The molecule has 2 atom stereocenters. The van der Waals surface area contributed by atoms with E-state index in [-0.39, 0.29) is 29.5 Å². The molecule has 0 radical (unpaired) electrons. The molecule has 0 spiro atoms. The van der Waals surface area contributed by atoms with E-state index in [0.717, 1.165) is 32.2 Å². The van der Waals surface area contributed by atoms with Crippen molar-refractivity contribution in [3.63, 3.8) is 0 Å². The van der Waals surface area contributed by atoms with Crippen LogP contribution in [-0.4, -0.2) is 44.5 Å². The van der Waals surface area contributed by atoms with Crippen molar-refractivity contribution >= 4 is 15.7 Å². The average Bonchev–Trinajstić information content (AvgIpc) is 2.29. The van der Waals surface area contributed by atoms with Crippen LogP contribution in [0.1, 0.15) is 32.1 Å². The first kappa shape index (κ1) is 12.8. The molecule has 1 amide bonds. The van der Waals surface area contributed by atoms with Gasteiger partial charge >= 0.3 is 0 Å². The van der Waals surface area contributed by atoms with Crippen molar-refractivity contribution in [2.24, 2.45) is 0 Å². The topological polar surface area (TPSA) is 75.3 Å². The van der Waals surface area contributed by atoms with Crippen molar-refractivity contribution in [2.75, 3.05) is 18.1 Å². The van der Waals surface area contributed by atoms with E-state index in [2.05, 4.69) is 10.6 Å². The highest BCUT2D eigenvalue weighted by molar-refractivity contribution is 7.91. The molecular weight excluding hydrogens is 240 g/mol. The van der Waals surface area contributed by atoms with Crippen molar-refractivity contribution < 1.29 is 13.2 Å². The molecule has 6 heteroatoms. The van der Waals surface area contributed by atoms with Crippen molar-refractivity contribution in [1.29, 1.82) is 0 Å². The van der Waals surface area contributed by atoms with Gasteiger partial charge in [-0.15, -0.1) is 0 Å². The lowest BCUT2D eigenvalue weighted by atomic mass is 10.0. The van der Waals surface area contributed by atoms with E-state index in [1.54, 1.807) is 0 Å². The molecule has 2 heterocycles. The smallest absolute Gasteiger partial charge is 0.237 e. The van der Waals surface area contributed by atoms with Gasteiger partial charge < -0.3 is 10.6 Å². The molecule has 98 valence electrons. The van der Waals surface area contributed by atoms with E-state index in [1.807, 2.05) is 0 Å². The highest BCUT2D eigenvalue weighted by atomic mass is 32.2. The van der Waals surface area contributed by atoms with Gasteiger partial charge in [0.05, 0.1) is 17.5 Å². The SMILES string of the molecule is O=C(NC1CCCS(=O)(=O)C1)[C@H]1CCCCN1. The monoisotopic (exact) mass is 260 g/mol. The largest absolute Gasteiger partial charge is 0.351 e. The number of carbonyl (C=O) groups is 1. The Kier molecular flexibility index (Phi) is 4.04. The maximum absolute atomic E-state index is 11.9. The number of amides is 1. The molecule has 2 N–H and O–H groups in total. The second-order valence-corrected chi connectivity index (χ2v) is 7.19. The molecule has 5 nitrogen and oxygen atoms in total. The summed E-state index contributed by atoms with van der Waals surface area (Å²) in [4.78, 5) is 11.9. The lowest BCUT2D eigenvalue weighted by Gasteiger charge is -2.27. The third-order valence-corrected chi connectivity index (χ3v) is 5.26. The minimum Gasteiger partial charge on any atom is -0.351 e. The summed E-state index contributed by atoms with van der Waals surface area (Å²) in [6.45, 7) is 0.876. The molecule has 0 aliphatic carbocycles. The first-order chi connectivity index (χ1) is 8.07. The van der Waals surface area contributed by atoms with Crippen molar-refractivity contribution in [2.45, 2.75) is 44.2 Å². The van der Waals surface area contributed by atoms with E-state index in [1.165, 1.54) is 0 Å². The molecule has 0 aromatic carbocycles. The lowest BCUT2D eigenvalue weighted by molar-refractivity contribution is -0.124. The van der Waals surface area contributed by atoms with Crippen molar-refractivity contribution in [3.8, 4) is 0 Å². The van der Waals surface area contributed by atoms with Gasteiger partial charge in [0.15, 0.2) is 9.84 Å². The van der Waals surface area contributed by atoms with Gasteiger partial charge in [0.25, 0.3) is 0 Å². The van der Waals surface area contributed by atoms with Gasteiger partial charge in [0, 0.05) is 6.04 Å². The highest BCUT2D eigenvalue weighted by Gasteiger charge is 2.28. The van der Waals surface area contributed by atoms with Crippen molar-refractivity contribution in [3.05, 3.63) is 0 Å². The predicted molar refractivity (Wildman–Crippen MR) is 65.5 cm³/mol. The van der Waals surface area contributed by atoms with Crippen LogP contribution in [0.3, 0.4) is 0 Å². The number of hydrogen-bond acceptors (Lipinski definition) is 4. The second kappa shape index (κ2) is 5.35. The Morgan fingerprint density at radius 2 is 2.00 bits per heavy atom. The summed E-state index contributed by atoms with van der Waals surface area (Å²) in [7, 11) is -2.94. The summed E-state index contributed by atoms with van der Waals surface area (Å²) >= 11 is 0. The van der Waals surface area contributed by atoms with Crippen LogP contribution in [0.25, 0.3) is 0 Å². The summed E-state index contributed by atoms with van der Waals surface area (Å²) in [6, 6.07) is -0.321. The van der Waals surface area contributed by atoms with Crippen LogP contribution in [0, 0.1) is 0 Å². The van der Waals surface area contributed by atoms with Crippen LogP contribution in [0.4, 0.5) is 0 Å². The van der Waals surface area contributed by atoms with Crippen LogP contribution in [0.15, 0.2) is 0 Å². The molecule has 2 aliphatic heterocycles. The molecule has 0 aromatic heterocycles. The first-order valence-electron chi connectivity index (χ1n) is 6.31. The Bertz CT molecular complexity index is 374. The Labute approximate surface area is 102 Å².